The topological polar surface area (TPSA) is 45.8 Å². The molecule has 3 nitrogen and oxygen atoms in total. The lowest BCUT2D eigenvalue weighted by atomic mass is 10.1. The van der Waals surface area contributed by atoms with Crippen molar-refractivity contribution >= 4 is 40.5 Å². The van der Waals surface area contributed by atoms with Crippen molar-refractivity contribution in [1.29, 1.82) is 0 Å². The molecule has 0 aliphatic heterocycles. The average Bonchev–Trinajstić information content (AvgIpc) is 3.34. The maximum Gasteiger partial charge on any atom is 0.183 e. The van der Waals surface area contributed by atoms with Crippen LogP contribution in [0.15, 0.2) is 78.0 Å². The van der Waals surface area contributed by atoms with E-state index in [1.54, 1.807) is 12.1 Å². The van der Waals surface area contributed by atoms with E-state index < -0.39 is 0 Å². The normalized spacial score (nSPS) is 10.9. The quantitative estimate of drug-likeness (QED) is 0.294. The molecule has 2 heterocycles. The number of nitrogens with zero attached hydrogens (tertiary/aromatic N) is 1. The van der Waals surface area contributed by atoms with Crippen LogP contribution in [0.5, 0.6) is 0 Å². The van der Waals surface area contributed by atoms with Gasteiger partial charge in [0.25, 0.3) is 0 Å². The standard InChI is InChI=1S/C21H15ClN2OS2/c22-18-12-11-17(27-18)16(25)13-26-21-23-19(14-7-3-1-4-8-14)20(24-21)15-9-5-2-6-10-15/h1-12H,13H2,(H,23,24). The third-order valence-electron chi connectivity index (χ3n) is 3.98. The second-order valence-electron chi connectivity index (χ2n) is 5.81. The molecule has 0 spiro atoms. The van der Waals surface area contributed by atoms with E-state index in [1.807, 2.05) is 60.7 Å². The predicted octanol–water partition coefficient (Wildman–Crippen LogP) is 6.43. The molecule has 1 N–H and O–H groups in total. The van der Waals surface area contributed by atoms with Crippen LogP contribution in [-0.2, 0) is 0 Å². The molecular formula is C21H15ClN2OS2. The van der Waals surface area contributed by atoms with Gasteiger partial charge in [-0.3, -0.25) is 4.79 Å². The number of aromatic nitrogens is 2. The van der Waals surface area contributed by atoms with Crippen LogP contribution in [0.25, 0.3) is 22.5 Å². The molecule has 2 aromatic heterocycles. The number of hydrogen-bond acceptors (Lipinski definition) is 4. The lowest BCUT2D eigenvalue weighted by molar-refractivity contribution is 0.102. The van der Waals surface area contributed by atoms with E-state index in [2.05, 4.69) is 4.98 Å². The van der Waals surface area contributed by atoms with Crippen molar-refractivity contribution in [2.24, 2.45) is 0 Å². The number of thioether (sulfide) groups is 1. The fourth-order valence-corrected chi connectivity index (χ4v) is 4.53. The van der Waals surface area contributed by atoms with E-state index in [9.17, 15) is 4.79 Å². The van der Waals surface area contributed by atoms with Crippen molar-refractivity contribution in [2.45, 2.75) is 5.16 Å². The molecule has 27 heavy (non-hydrogen) atoms. The van der Waals surface area contributed by atoms with E-state index in [4.69, 9.17) is 16.6 Å². The molecule has 0 radical (unpaired) electrons. The first-order valence-electron chi connectivity index (χ1n) is 8.33. The van der Waals surface area contributed by atoms with Gasteiger partial charge in [-0.2, -0.15) is 0 Å². The zero-order valence-corrected chi connectivity index (χ0v) is 16.6. The van der Waals surface area contributed by atoms with Crippen LogP contribution >= 0.6 is 34.7 Å². The summed E-state index contributed by atoms with van der Waals surface area (Å²) in [6.07, 6.45) is 0. The lowest BCUT2D eigenvalue weighted by Gasteiger charge is -2.02. The number of halogens is 1. The van der Waals surface area contributed by atoms with Crippen molar-refractivity contribution in [3.63, 3.8) is 0 Å². The number of ketones is 1. The van der Waals surface area contributed by atoms with Crippen LogP contribution in [0.4, 0.5) is 0 Å². The van der Waals surface area contributed by atoms with Gasteiger partial charge in [-0.25, -0.2) is 4.98 Å². The number of imidazole rings is 1. The number of hydrogen-bond donors (Lipinski definition) is 1. The summed E-state index contributed by atoms with van der Waals surface area (Å²) >= 11 is 8.63. The van der Waals surface area contributed by atoms with Gasteiger partial charge in [0, 0.05) is 11.1 Å². The third kappa shape index (κ3) is 4.16. The highest BCUT2D eigenvalue weighted by Crippen LogP contribution is 2.33. The van der Waals surface area contributed by atoms with E-state index >= 15 is 0 Å². The van der Waals surface area contributed by atoms with E-state index in [0.29, 0.717) is 15.0 Å². The van der Waals surface area contributed by atoms with Gasteiger partial charge in [-0.15, -0.1) is 11.3 Å². The number of H-pyrrole nitrogens is 1. The zero-order chi connectivity index (χ0) is 18.6. The Balaban J connectivity index is 1.62. The molecule has 0 bridgehead atoms. The van der Waals surface area contributed by atoms with Gasteiger partial charge in [-0.1, -0.05) is 84.0 Å². The first-order valence-corrected chi connectivity index (χ1v) is 10.5. The first kappa shape index (κ1) is 18.0. The molecular weight excluding hydrogens is 396 g/mol. The number of carbonyl (C=O) groups excluding carboxylic acids is 1. The Kier molecular flexibility index (Phi) is 5.43. The SMILES string of the molecule is O=C(CSc1nc(-c2ccccc2)c(-c2ccccc2)[nH]1)c1ccc(Cl)s1. The fraction of sp³-hybridized carbons (Fsp3) is 0.0476. The first-order chi connectivity index (χ1) is 13.2. The summed E-state index contributed by atoms with van der Waals surface area (Å²) < 4.78 is 0.624. The number of thiophene rings is 1. The summed E-state index contributed by atoms with van der Waals surface area (Å²) in [4.78, 5) is 21.2. The Hall–Kier alpha value is -2.34. The van der Waals surface area contributed by atoms with E-state index in [-0.39, 0.29) is 5.78 Å². The van der Waals surface area contributed by atoms with Crippen molar-refractivity contribution in [1.82, 2.24) is 9.97 Å². The zero-order valence-electron chi connectivity index (χ0n) is 14.2. The Bertz CT molecular complexity index is 1000. The van der Waals surface area contributed by atoms with Gasteiger partial charge in [0.15, 0.2) is 10.9 Å². The summed E-state index contributed by atoms with van der Waals surface area (Å²) in [6, 6.07) is 23.7. The summed E-state index contributed by atoms with van der Waals surface area (Å²) in [7, 11) is 0. The number of aromatic amines is 1. The van der Waals surface area contributed by atoms with Gasteiger partial charge < -0.3 is 4.98 Å². The summed E-state index contributed by atoms with van der Waals surface area (Å²) in [5, 5.41) is 0.726. The minimum absolute atomic E-state index is 0.0517. The Labute approximate surface area is 170 Å². The lowest BCUT2D eigenvalue weighted by Crippen LogP contribution is -1.99. The molecule has 134 valence electrons. The summed E-state index contributed by atoms with van der Waals surface area (Å²) in [5.74, 6) is 0.364. The van der Waals surface area contributed by atoms with Crippen LogP contribution < -0.4 is 0 Å². The smallest absolute Gasteiger partial charge is 0.183 e. The van der Waals surface area contributed by atoms with Crippen LogP contribution in [0.1, 0.15) is 9.67 Å². The maximum atomic E-state index is 12.4. The number of rotatable bonds is 6. The van der Waals surface area contributed by atoms with Gasteiger partial charge in [0.1, 0.15) is 0 Å². The highest BCUT2D eigenvalue weighted by Gasteiger charge is 2.16. The maximum absolute atomic E-state index is 12.4. The molecule has 0 unspecified atom stereocenters. The minimum atomic E-state index is 0.0517. The van der Waals surface area contributed by atoms with Crippen LogP contribution in [0.3, 0.4) is 0 Å². The second kappa shape index (κ2) is 8.13. The van der Waals surface area contributed by atoms with Crippen LogP contribution in [-0.4, -0.2) is 21.5 Å². The molecule has 0 saturated heterocycles. The monoisotopic (exact) mass is 410 g/mol. The Morgan fingerprint density at radius 3 is 2.26 bits per heavy atom. The fourth-order valence-electron chi connectivity index (χ4n) is 2.71. The molecule has 2 aromatic carbocycles. The van der Waals surface area contributed by atoms with Gasteiger partial charge in [0.05, 0.1) is 26.4 Å². The molecule has 6 heteroatoms. The number of benzene rings is 2. The molecule has 0 aliphatic rings. The van der Waals surface area contributed by atoms with Crippen molar-refractivity contribution in [2.75, 3.05) is 5.75 Å². The number of nitrogens with one attached hydrogen (secondary N) is 1. The Morgan fingerprint density at radius 2 is 1.63 bits per heavy atom. The van der Waals surface area contributed by atoms with Gasteiger partial charge >= 0.3 is 0 Å². The summed E-state index contributed by atoms with van der Waals surface area (Å²) in [5.41, 5.74) is 3.94. The molecule has 0 saturated carbocycles. The van der Waals surface area contributed by atoms with E-state index in [1.165, 1.54) is 23.1 Å². The average molecular weight is 411 g/mol. The van der Waals surface area contributed by atoms with Crippen molar-refractivity contribution < 1.29 is 4.79 Å². The van der Waals surface area contributed by atoms with Gasteiger partial charge in [-0.05, 0) is 12.1 Å². The number of carbonyl (C=O) groups is 1. The minimum Gasteiger partial charge on any atom is -0.332 e. The molecule has 4 rings (SSSR count). The van der Waals surface area contributed by atoms with Crippen molar-refractivity contribution in [3.8, 4) is 22.5 Å². The molecule has 0 amide bonds. The molecule has 0 fully saturated rings. The third-order valence-corrected chi connectivity index (χ3v) is 6.13. The van der Waals surface area contributed by atoms with Crippen molar-refractivity contribution in [3.05, 3.63) is 82.0 Å². The molecule has 4 aromatic rings. The largest absolute Gasteiger partial charge is 0.332 e. The van der Waals surface area contributed by atoms with Gasteiger partial charge in [0.2, 0.25) is 0 Å². The summed E-state index contributed by atoms with van der Waals surface area (Å²) in [6.45, 7) is 0. The predicted molar refractivity (Wildman–Crippen MR) is 114 cm³/mol. The second-order valence-corrected chi connectivity index (χ2v) is 8.49. The van der Waals surface area contributed by atoms with E-state index in [0.717, 1.165) is 27.7 Å². The van der Waals surface area contributed by atoms with Crippen LogP contribution in [0.2, 0.25) is 4.34 Å². The Morgan fingerprint density at radius 1 is 0.963 bits per heavy atom. The molecule has 0 atom stereocenters. The highest BCUT2D eigenvalue weighted by atomic mass is 35.5. The molecule has 0 aliphatic carbocycles. The number of Topliss-reactive ketones (excluding diaryl/α,β-unsaturated/α-hetero) is 1. The van der Waals surface area contributed by atoms with Crippen LogP contribution in [0, 0.1) is 0 Å². The highest BCUT2D eigenvalue weighted by molar-refractivity contribution is 7.99.